The van der Waals surface area contributed by atoms with Crippen LogP contribution in [0.5, 0.6) is 0 Å². The highest BCUT2D eigenvalue weighted by Gasteiger charge is 2.26. The Kier molecular flexibility index (Phi) is 5.32. The molecule has 1 unspecified atom stereocenters. The van der Waals surface area contributed by atoms with Gasteiger partial charge in [0.15, 0.2) is 0 Å². The molecule has 0 fully saturated rings. The molecule has 0 aliphatic rings. The molecular formula is C14H24N2O3S. The van der Waals surface area contributed by atoms with E-state index in [1.54, 1.807) is 20.8 Å². The average molecular weight is 300 g/mol. The quantitative estimate of drug-likeness (QED) is 0.696. The van der Waals surface area contributed by atoms with Gasteiger partial charge in [-0.25, -0.2) is 13.1 Å². The van der Waals surface area contributed by atoms with Gasteiger partial charge in [-0.15, -0.1) is 0 Å². The minimum atomic E-state index is -3.25. The maximum Gasteiger partial charge on any atom is 0.209 e. The van der Waals surface area contributed by atoms with E-state index in [2.05, 4.69) is 10.0 Å². The number of nitrogens with one attached hydrogen (secondary N) is 2. The summed E-state index contributed by atoms with van der Waals surface area (Å²) in [6.45, 7) is 6.07. The molecule has 0 aromatic heterocycles. The molecule has 1 aromatic rings. The highest BCUT2D eigenvalue weighted by atomic mass is 32.2. The smallest absolute Gasteiger partial charge is 0.209 e. The zero-order chi connectivity index (χ0) is 15.4. The molecule has 3 N–H and O–H groups in total. The van der Waals surface area contributed by atoms with Gasteiger partial charge in [0.25, 0.3) is 0 Å². The second-order valence-corrected chi connectivity index (χ2v) is 7.75. The summed E-state index contributed by atoms with van der Waals surface area (Å²) < 4.78 is 25.0. The average Bonchev–Trinajstić information content (AvgIpc) is 2.26. The number of hydrogen-bond donors (Lipinski definition) is 3. The van der Waals surface area contributed by atoms with Crippen molar-refractivity contribution in [1.82, 2.24) is 10.0 Å². The van der Waals surface area contributed by atoms with E-state index in [0.29, 0.717) is 13.1 Å². The predicted molar refractivity (Wildman–Crippen MR) is 80.9 cm³/mol. The second kappa shape index (κ2) is 6.22. The van der Waals surface area contributed by atoms with Gasteiger partial charge in [-0.3, -0.25) is 0 Å². The predicted octanol–water partition coefficient (Wildman–Crippen LogP) is 0.812. The fraction of sp³-hybridized carbons (Fsp3) is 0.571. The number of aliphatic hydroxyl groups is 1. The van der Waals surface area contributed by atoms with Gasteiger partial charge in [0.2, 0.25) is 10.0 Å². The van der Waals surface area contributed by atoms with Crippen LogP contribution in [0.15, 0.2) is 30.3 Å². The third kappa shape index (κ3) is 6.00. The molecule has 0 bridgehead atoms. The molecular weight excluding hydrogens is 276 g/mol. The van der Waals surface area contributed by atoms with Crippen LogP contribution >= 0.6 is 0 Å². The number of sulfonamides is 1. The number of rotatable bonds is 7. The Bertz CT molecular complexity index is 525. The first-order valence-corrected chi connectivity index (χ1v) is 8.39. The Hall–Kier alpha value is -0.950. The zero-order valence-corrected chi connectivity index (χ0v) is 13.3. The largest absolute Gasteiger partial charge is 0.384 e. The van der Waals surface area contributed by atoms with E-state index in [1.165, 1.54) is 0 Å². The number of hydrogen-bond acceptors (Lipinski definition) is 4. The van der Waals surface area contributed by atoms with Crippen LogP contribution in [0.4, 0.5) is 0 Å². The molecule has 1 atom stereocenters. The molecule has 20 heavy (non-hydrogen) atoms. The topological polar surface area (TPSA) is 78.4 Å². The highest BCUT2D eigenvalue weighted by molar-refractivity contribution is 7.88. The van der Waals surface area contributed by atoms with Gasteiger partial charge < -0.3 is 10.4 Å². The van der Waals surface area contributed by atoms with E-state index < -0.39 is 21.2 Å². The molecule has 114 valence electrons. The Labute approximate surface area is 121 Å². The molecule has 1 aromatic carbocycles. The summed E-state index contributed by atoms with van der Waals surface area (Å²) in [7, 11) is -3.25. The Morgan fingerprint density at radius 1 is 1.10 bits per heavy atom. The van der Waals surface area contributed by atoms with Crippen molar-refractivity contribution in [3.05, 3.63) is 35.9 Å². The molecule has 5 nitrogen and oxygen atoms in total. The van der Waals surface area contributed by atoms with Crippen molar-refractivity contribution in [2.45, 2.75) is 31.9 Å². The van der Waals surface area contributed by atoms with E-state index in [-0.39, 0.29) is 0 Å². The lowest BCUT2D eigenvalue weighted by molar-refractivity contribution is 0.0558. The van der Waals surface area contributed by atoms with Gasteiger partial charge in [0.1, 0.15) is 0 Å². The van der Waals surface area contributed by atoms with Gasteiger partial charge in [-0.05, 0) is 26.3 Å². The molecule has 0 aliphatic carbocycles. The van der Waals surface area contributed by atoms with Crippen LogP contribution < -0.4 is 10.0 Å². The van der Waals surface area contributed by atoms with E-state index in [9.17, 15) is 13.5 Å². The van der Waals surface area contributed by atoms with Crippen molar-refractivity contribution >= 4 is 10.0 Å². The van der Waals surface area contributed by atoms with Gasteiger partial charge in [-0.2, -0.15) is 0 Å². The minimum Gasteiger partial charge on any atom is -0.384 e. The minimum absolute atomic E-state index is 0.339. The summed E-state index contributed by atoms with van der Waals surface area (Å²) >= 11 is 0. The first-order valence-electron chi connectivity index (χ1n) is 6.49. The maximum atomic E-state index is 11.2. The van der Waals surface area contributed by atoms with Crippen molar-refractivity contribution in [3.63, 3.8) is 0 Å². The fourth-order valence-corrected chi connectivity index (χ4v) is 3.13. The number of benzene rings is 1. The lowest BCUT2D eigenvalue weighted by Gasteiger charge is -2.29. The molecule has 1 rings (SSSR count). The SMILES string of the molecule is CC(C)(CNCC(C)(O)c1ccccc1)NS(C)(=O)=O. The third-order valence-corrected chi connectivity index (χ3v) is 3.82. The van der Waals surface area contributed by atoms with Crippen molar-refractivity contribution in [2.75, 3.05) is 19.3 Å². The molecule has 6 heteroatoms. The van der Waals surface area contributed by atoms with E-state index in [0.717, 1.165) is 11.8 Å². The van der Waals surface area contributed by atoms with Crippen molar-refractivity contribution in [3.8, 4) is 0 Å². The second-order valence-electron chi connectivity index (χ2n) is 6.00. The Morgan fingerprint density at radius 3 is 2.15 bits per heavy atom. The summed E-state index contributed by atoms with van der Waals surface area (Å²) in [5, 5.41) is 13.5. The van der Waals surface area contributed by atoms with Crippen LogP contribution in [-0.2, 0) is 15.6 Å². The fourth-order valence-electron chi connectivity index (χ4n) is 2.06. The summed E-state index contributed by atoms with van der Waals surface area (Å²) in [5.74, 6) is 0. The third-order valence-electron chi connectivity index (χ3n) is 2.89. The lowest BCUT2D eigenvalue weighted by atomic mass is 9.95. The monoisotopic (exact) mass is 300 g/mol. The summed E-state index contributed by atoms with van der Waals surface area (Å²) in [6.07, 6.45) is 1.13. The van der Waals surface area contributed by atoms with Gasteiger partial charge >= 0.3 is 0 Å². The molecule has 0 spiro atoms. The lowest BCUT2D eigenvalue weighted by Crippen LogP contribution is -2.51. The first kappa shape index (κ1) is 17.1. The summed E-state index contributed by atoms with van der Waals surface area (Å²) in [4.78, 5) is 0. The van der Waals surface area contributed by atoms with Crippen LogP contribution in [0.25, 0.3) is 0 Å². The van der Waals surface area contributed by atoms with Crippen molar-refractivity contribution < 1.29 is 13.5 Å². The van der Waals surface area contributed by atoms with Crippen LogP contribution in [0, 0.1) is 0 Å². The summed E-state index contributed by atoms with van der Waals surface area (Å²) in [5.41, 5.74) is -0.788. The normalized spacial score (nSPS) is 15.8. The highest BCUT2D eigenvalue weighted by Crippen LogP contribution is 2.19. The molecule has 0 saturated carbocycles. The zero-order valence-electron chi connectivity index (χ0n) is 12.5. The van der Waals surface area contributed by atoms with Gasteiger partial charge in [0.05, 0.1) is 11.9 Å². The molecule has 0 radical (unpaired) electrons. The molecule has 0 saturated heterocycles. The van der Waals surface area contributed by atoms with E-state index in [4.69, 9.17) is 0 Å². The van der Waals surface area contributed by atoms with E-state index in [1.807, 2.05) is 30.3 Å². The molecule has 0 amide bonds. The Balaban J connectivity index is 2.56. The van der Waals surface area contributed by atoms with Gasteiger partial charge in [-0.1, -0.05) is 30.3 Å². The molecule has 0 heterocycles. The molecule has 0 aliphatic heterocycles. The summed E-state index contributed by atoms with van der Waals surface area (Å²) in [6, 6.07) is 9.37. The maximum absolute atomic E-state index is 11.2. The van der Waals surface area contributed by atoms with Crippen molar-refractivity contribution in [2.24, 2.45) is 0 Å². The standard InChI is InChI=1S/C14H24N2O3S/c1-13(2,16-20(4,18)19)10-15-11-14(3,17)12-8-6-5-7-9-12/h5-9,15-17H,10-11H2,1-4H3. The first-order chi connectivity index (χ1) is 9.02. The van der Waals surface area contributed by atoms with Crippen molar-refractivity contribution in [1.29, 1.82) is 0 Å². The van der Waals surface area contributed by atoms with Crippen LogP contribution in [0.3, 0.4) is 0 Å². The van der Waals surface area contributed by atoms with Crippen LogP contribution in [0.2, 0.25) is 0 Å². The van der Waals surface area contributed by atoms with Gasteiger partial charge in [0, 0.05) is 18.6 Å². The van der Waals surface area contributed by atoms with E-state index >= 15 is 0 Å². The van der Waals surface area contributed by atoms with Crippen LogP contribution in [0.1, 0.15) is 26.3 Å². The Morgan fingerprint density at radius 2 is 1.65 bits per heavy atom. The van der Waals surface area contributed by atoms with Crippen LogP contribution in [-0.4, -0.2) is 38.4 Å².